The summed E-state index contributed by atoms with van der Waals surface area (Å²) in [7, 11) is 0. The normalized spacial score (nSPS) is 11.1. The maximum absolute atomic E-state index is 6.13. The lowest BCUT2D eigenvalue weighted by atomic mass is 10.1. The second kappa shape index (κ2) is 6.48. The molecular formula is C17H15N5O2S. The van der Waals surface area contributed by atoms with Gasteiger partial charge in [0.1, 0.15) is 0 Å². The van der Waals surface area contributed by atoms with Crippen LogP contribution in [0.4, 0.5) is 0 Å². The number of aromatic nitrogens is 4. The molecule has 0 fully saturated rings. The molecule has 25 heavy (non-hydrogen) atoms. The van der Waals surface area contributed by atoms with Gasteiger partial charge in [0.25, 0.3) is 0 Å². The van der Waals surface area contributed by atoms with Crippen LogP contribution in [0.15, 0.2) is 62.8 Å². The number of aryl methyl sites for hydroxylation is 1. The monoisotopic (exact) mass is 353 g/mol. The highest BCUT2D eigenvalue weighted by Gasteiger charge is 2.14. The number of furan rings is 1. The number of nitrogens with zero attached hydrogens (tertiary/aromatic N) is 4. The first kappa shape index (κ1) is 15.5. The zero-order chi connectivity index (χ0) is 17.2. The Balaban J connectivity index is 1.48. The van der Waals surface area contributed by atoms with Gasteiger partial charge in [-0.1, -0.05) is 46.7 Å². The van der Waals surface area contributed by atoms with Crippen LogP contribution in [0.1, 0.15) is 11.3 Å². The smallest absolute Gasteiger partial charge is 0.210 e. The number of hydrogen-bond donors (Lipinski definition) is 1. The molecule has 0 spiro atoms. The number of nitrogen functional groups attached to an aromatic ring is 1. The predicted molar refractivity (Wildman–Crippen MR) is 94.1 cm³/mol. The van der Waals surface area contributed by atoms with Crippen molar-refractivity contribution < 1.29 is 8.94 Å². The first-order valence-electron chi connectivity index (χ1n) is 7.60. The van der Waals surface area contributed by atoms with Crippen LogP contribution in [0, 0.1) is 6.92 Å². The van der Waals surface area contributed by atoms with E-state index >= 15 is 0 Å². The third kappa shape index (κ3) is 3.16. The first-order valence-corrected chi connectivity index (χ1v) is 8.59. The summed E-state index contributed by atoms with van der Waals surface area (Å²) in [5.74, 6) is 8.56. The van der Waals surface area contributed by atoms with Gasteiger partial charge in [0.05, 0.1) is 12.0 Å². The largest absolute Gasteiger partial charge is 0.461 e. The molecule has 4 rings (SSSR count). The number of rotatable bonds is 5. The van der Waals surface area contributed by atoms with Crippen molar-refractivity contribution in [1.29, 1.82) is 0 Å². The highest BCUT2D eigenvalue weighted by Crippen LogP contribution is 2.26. The van der Waals surface area contributed by atoms with Gasteiger partial charge in [-0.2, -0.15) is 0 Å². The Labute approximate surface area is 147 Å². The fourth-order valence-corrected chi connectivity index (χ4v) is 3.07. The van der Waals surface area contributed by atoms with Crippen LogP contribution in [-0.4, -0.2) is 20.0 Å². The van der Waals surface area contributed by atoms with Crippen LogP contribution in [0.2, 0.25) is 0 Å². The number of hydrogen-bond acceptors (Lipinski definition) is 7. The van der Waals surface area contributed by atoms with Crippen molar-refractivity contribution >= 4 is 11.8 Å². The van der Waals surface area contributed by atoms with Gasteiger partial charge in [0, 0.05) is 17.4 Å². The molecule has 0 amide bonds. The van der Waals surface area contributed by atoms with Crippen molar-refractivity contribution in [2.75, 3.05) is 5.84 Å². The Morgan fingerprint density at radius 1 is 1.12 bits per heavy atom. The molecule has 0 aliphatic heterocycles. The second-order valence-corrected chi connectivity index (χ2v) is 6.43. The number of thioether (sulfide) groups is 1. The molecule has 3 aromatic heterocycles. The predicted octanol–water partition coefficient (Wildman–Crippen LogP) is 3.51. The van der Waals surface area contributed by atoms with E-state index in [1.165, 1.54) is 22.0 Å². The van der Waals surface area contributed by atoms with Gasteiger partial charge in [-0.25, -0.2) is 4.68 Å². The quantitative estimate of drug-likeness (QED) is 0.433. The minimum Gasteiger partial charge on any atom is -0.461 e. The van der Waals surface area contributed by atoms with Gasteiger partial charge < -0.3 is 14.8 Å². The molecule has 2 N–H and O–H groups in total. The summed E-state index contributed by atoms with van der Waals surface area (Å²) in [4.78, 5) is 0. The summed E-state index contributed by atoms with van der Waals surface area (Å²) in [5.41, 5.74) is 2.88. The van der Waals surface area contributed by atoms with Gasteiger partial charge in [-0.3, -0.25) is 0 Å². The fourth-order valence-electron chi connectivity index (χ4n) is 2.33. The van der Waals surface area contributed by atoms with E-state index in [4.69, 9.17) is 14.8 Å². The molecule has 8 heteroatoms. The molecule has 0 aliphatic rings. The van der Waals surface area contributed by atoms with E-state index in [0.717, 1.165) is 11.3 Å². The fraction of sp³-hybridized carbons (Fsp3) is 0.118. The van der Waals surface area contributed by atoms with Crippen molar-refractivity contribution in [1.82, 2.24) is 20.0 Å². The third-order valence-corrected chi connectivity index (χ3v) is 4.62. The zero-order valence-electron chi connectivity index (χ0n) is 13.4. The molecule has 0 aliphatic carbocycles. The molecule has 0 radical (unpaired) electrons. The summed E-state index contributed by atoms with van der Waals surface area (Å²) in [6.45, 7) is 2.03. The third-order valence-electron chi connectivity index (χ3n) is 3.65. The Morgan fingerprint density at radius 3 is 2.72 bits per heavy atom. The minimum atomic E-state index is 0.563. The summed E-state index contributed by atoms with van der Waals surface area (Å²) in [5, 5.41) is 13.0. The Bertz CT molecular complexity index is 973. The summed E-state index contributed by atoms with van der Waals surface area (Å²) >= 11 is 1.44. The maximum atomic E-state index is 6.13. The van der Waals surface area contributed by atoms with Crippen molar-refractivity contribution in [2.45, 2.75) is 17.8 Å². The van der Waals surface area contributed by atoms with Crippen molar-refractivity contribution in [3.63, 3.8) is 0 Å². The lowest BCUT2D eigenvalue weighted by Crippen LogP contribution is -2.11. The zero-order valence-corrected chi connectivity index (χ0v) is 14.2. The molecule has 3 heterocycles. The van der Waals surface area contributed by atoms with Crippen molar-refractivity contribution in [3.05, 3.63) is 60.0 Å². The summed E-state index contributed by atoms with van der Waals surface area (Å²) in [6.07, 6.45) is 1.59. The second-order valence-electron chi connectivity index (χ2n) is 5.49. The van der Waals surface area contributed by atoms with Crippen LogP contribution < -0.4 is 5.84 Å². The number of nitrogens with two attached hydrogens (primary N) is 1. The Hall–Kier alpha value is -3.00. The van der Waals surface area contributed by atoms with Gasteiger partial charge in [0.2, 0.25) is 10.9 Å². The van der Waals surface area contributed by atoms with Gasteiger partial charge in [0.15, 0.2) is 11.6 Å². The molecular weight excluding hydrogens is 338 g/mol. The first-order chi connectivity index (χ1) is 12.2. The van der Waals surface area contributed by atoms with Crippen molar-refractivity contribution in [3.8, 4) is 22.9 Å². The van der Waals surface area contributed by atoms with E-state index in [2.05, 4.69) is 15.4 Å². The molecule has 0 saturated heterocycles. The van der Waals surface area contributed by atoms with Crippen LogP contribution in [0.25, 0.3) is 22.9 Å². The molecule has 0 atom stereocenters. The van der Waals surface area contributed by atoms with E-state index in [0.29, 0.717) is 28.3 Å². The Kier molecular flexibility index (Phi) is 4.02. The molecule has 0 bridgehead atoms. The van der Waals surface area contributed by atoms with Gasteiger partial charge in [-0.15, -0.1) is 10.2 Å². The maximum Gasteiger partial charge on any atom is 0.210 e. The lowest BCUT2D eigenvalue weighted by molar-refractivity contribution is 0.413. The standard InChI is InChI=1S/C17H15N5O2S/c1-11-4-6-12(7-5-11)16-19-20-17(22(16)18)25-10-13-9-15(24-21-13)14-3-2-8-23-14/h2-9H,10,18H2,1H3. The molecule has 4 aromatic rings. The molecule has 126 valence electrons. The Morgan fingerprint density at radius 2 is 1.96 bits per heavy atom. The summed E-state index contributed by atoms with van der Waals surface area (Å²) < 4.78 is 12.1. The molecule has 1 aromatic carbocycles. The van der Waals surface area contributed by atoms with Gasteiger partial charge >= 0.3 is 0 Å². The van der Waals surface area contributed by atoms with E-state index in [-0.39, 0.29) is 0 Å². The van der Waals surface area contributed by atoms with Crippen LogP contribution in [-0.2, 0) is 5.75 Å². The minimum absolute atomic E-state index is 0.563. The number of benzene rings is 1. The van der Waals surface area contributed by atoms with E-state index in [1.54, 1.807) is 12.3 Å². The average molecular weight is 353 g/mol. The molecule has 7 nitrogen and oxygen atoms in total. The molecule has 0 saturated carbocycles. The highest BCUT2D eigenvalue weighted by molar-refractivity contribution is 7.98. The topological polar surface area (TPSA) is 95.9 Å². The van der Waals surface area contributed by atoms with Gasteiger partial charge in [-0.05, 0) is 19.1 Å². The van der Waals surface area contributed by atoms with E-state index < -0.39 is 0 Å². The van der Waals surface area contributed by atoms with Crippen molar-refractivity contribution in [2.24, 2.45) is 0 Å². The van der Waals surface area contributed by atoms with E-state index in [9.17, 15) is 0 Å². The van der Waals surface area contributed by atoms with Crippen LogP contribution in [0.3, 0.4) is 0 Å². The van der Waals surface area contributed by atoms with Crippen LogP contribution >= 0.6 is 11.8 Å². The highest BCUT2D eigenvalue weighted by atomic mass is 32.2. The van der Waals surface area contributed by atoms with Crippen LogP contribution in [0.5, 0.6) is 0 Å². The summed E-state index contributed by atoms with van der Waals surface area (Å²) in [6, 6.07) is 13.4. The van der Waals surface area contributed by atoms with E-state index in [1.807, 2.05) is 43.3 Å². The SMILES string of the molecule is Cc1ccc(-c2nnc(SCc3cc(-c4ccco4)on3)n2N)cc1. The lowest BCUT2D eigenvalue weighted by Gasteiger charge is -2.03. The molecule has 0 unspecified atom stereocenters. The average Bonchev–Trinajstić information content (AvgIpc) is 3.35.